The number of nitro benzene ring substituents is 1. The Bertz CT molecular complexity index is 739. The molecule has 1 aromatic rings. The molecule has 1 heterocycles. The molecule has 10 heteroatoms. The first-order valence-corrected chi connectivity index (χ1v) is 10.0. The van der Waals surface area contributed by atoms with Crippen LogP contribution in [0.15, 0.2) is 23.1 Å². The van der Waals surface area contributed by atoms with E-state index in [4.69, 9.17) is 4.74 Å². The first kappa shape index (κ1) is 20.6. The topological polar surface area (TPSA) is 115 Å². The van der Waals surface area contributed by atoms with Gasteiger partial charge in [-0.05, 0) is 32.9 Å². The summed E-state index contributed by atoms with van der Waals surface area (Å²) in [7, 11) is -3.83. The summed E-state index contributed by atoms with van der Waals surface area (Å²) in [6.07, 6.45) is 0. The molecule has 3 N–H and O–H groups in total. The molecule has 0 unspecified atom stereocenters. The molecule has 1 saturated heterocycles. The maximum absolute atomic E-state index is 12.4. The molecule has 1 aliphatic heterocycles. The molecule has 0 saturated carbocycles. The molecule has 9 nitrogen and oxygen atoms in total. The summed E-state index contributed by atoms with van der Waals surface area (Å²) in [6, 6.07) is 3.92. The number of hydrogen-bond donors (Lipinski definition) is 3. The molecule has 146 valence electrons. The van der Waals surface area contributed by atoms with Crippen LogP contribution in [0.5, 0.6) is 0 Å². The van der Waals surface area contributed by atoms with Crippen molar-refractivity contribution < 1.29 is 23.0 Å². The van der Waals surface area contributed by atoms with Crippen LogP contribution < -0.4 is 14.9 Å². The first-order valence-electron chi connectivity index (χ1n) is 8.56. The molecule has 1 aliphatic rings. The maximum atomic E-state index is 12.4. The van der Waals surface area contributed by atoms with Crippen molar-refractivity contribution in [2.45, 2.75) is 31.2 Å². The third kappa shape index (κ3) is 5.90. The van der Waals surface area contributed by atoms with E-state index in [1.165, 1.54) is 17.0 Å². The van der Waals surface area contributed by atoms with Crippen molar-refractivity contribution in [3.8, 4) is 0 Å². The second-order valence-corrected chi connectivity index (χ2v) is 9.01. The standard InChI is InChI=1S/C16H26N4O5S/c1-16(2,3)18-26(23,24)13-4-5-14(15(12-13)20(21)22)17-6-7-19-8-10-25-11-9-19/h4-5,12,17-18H,6-11H2,1-3H3/p+1. The van der Waals surface area contributed by atoms with Crippen molar-refractivity contribution in [2.75, 3.05) is 44.7 Å². The second kappa shape index (κ2) is 8.30. The Morgan fingerprint density at radius 1 is 1.27 bits per heavy atom. The lowest BCUT2D eigenvalue weighted by Gasteiger charge is -2.24. The average Bonchev–Trinajstić information content (AvgIpc) is 2.53. The quantitative estimate of drug-likeness (QED) is 0.448. The van der Waals surface area contributed by atoms with Gasteiger partial charge in [-0.25, -0.2) is 13.1 Å². The maximum Gasteiger partial charge on any atom is 0.293 e. The van der Waals surface area contributed by atoms with E-state index in [0.717, 1.165) is 38.9 Å². The molecular formula is C16H27N4O5S+. The largest absolute Gasteiger partial charge is 0.374 e. The Balaban J connectivity index is 2.11. The predicted octanol–water partition coefficient (Wildman–Crippen LogP) is -0.00140. The lowest BCUT2D eigenvalue weighted by molar-refractivity contribution is -0.906. The summed E-state index contributed by atoms with van der Waals surface area (Å²) in [5.41, 5.74) is -0.609. The van der Waals surface area contributed by atoms with Gasteiger partial charge in [-0.2, -0.15) is 0 Å². The van der Waals surface area contributed by atoms with E-state index in [9.17, 15) is 18.5 Å². The molecule has 0 bridgehead atoms. The van der Waals surface area contributed by atoms with Crippen molar-refractivity contribution in [2.24, 2.45) is 0 Å². The zero-order valence-electron chi connectivity index (χ0n) is 15.4. The number of hydrogen-bond acceptors (Lipinski definition) is 6. The van der Waals surface area contributed by atoms with Gasteiger partial charge in [0.15, 0.2) is 0 Å². The van der Waals surface area contributed by atoms with Crippen LogP contribution >= 0.6 is 0 Å². The Labute approximate surface area is 153 Å². The summed E-state index contributed by atoms with van der Waals surface area (Å²) < 4.78 is 32.6. The Morgan fingerprint density at radius 2 is 1.92 bits per heavy atom. The molecule has 0 aliphatic carbocycles. The van der Waals surface area contributed by atoms with E-state index in [2.05, 4.69) is 10.0 Å². The number of anilines is 1. The van der Waals surface area contributed by atoms with Gasteiger partial charge in [0.25, 0.3) is 5.69 Å². The second-order valence-electron chi connectivity index (χ2n) is 7.33. The number of quaternary nitrogens is 1. The highest BCUT2D eigenvalue weighted by Crippen LogP contribution is 2.27. The first-order chi connectivity index (χ1) is 12.1. The van der Waals surface area contributed by atoms with Gasteiger partial charge in [-0.3, -0.25) is 10.1 Å². The van der Waals surface area contributed by atoms with Crippen molar-refractivity contribution >= 4 is 21.4 Å². The van der Waals surface area contributed by atoms with Crippen LogP contribution in [0.1, 0.15) is 20.8 Å². The Kier molecular flexibility index (Phi) is 6.56. The monoisotopic (exact) mass is 387 g/mol. The van der Waals surface area contributed by atoms with E-state index >= 15 is 0 Å². The number of sulfonamides is 1. The smallest absolute Gasteiger partial charge is 0.293 e. The van der Waals surface area contributed by atoms with Crippen molar-refractivity contribution in [1.29, 1.82) is 0 Å². The number of morpholine rings is 1. The fourth-order valence-electron chi connectivity index (χ4n) is 2.73. The Morgan fingerprint density at radius 3 is 2.50 bits per heavy atom. The van der Waals surface area contributed by atoms with Crippen LogP contribution in [0, 0.1) is 10.1 Å². The number of nitro groups is 1. The van der Waals surface area contributed by atoms with Gasteiger partial charge < -0.3 is 15.0 Å². The summed E-state index contributed by atoms with van der Waals surface area (Å²) >= 11 is 0. The van der Waals surface area contributed by atoms with Crippen LogP contribution in [0.25, 0.3) is 0 Å². The third-order valence-corrected chi connectivity index (χ3v) is 5.67. The van der Waals surface area contributed by atoms with E-state index in [1.54, 1.807) is 20.8 Å². The zero-order chi connectivity index (χ0) is 19.4. The van der Waals surface area contributed by atoms with Gasteiger partial charge in [0.05, 0.1) is 36.1 Å². The summed E-state index contributed by atoms with van der Waals surface area (Å²) in [4.78, 5) is 12.1. The highest BCUT2D eigenvalue weighted by atomic mass is 32.2. The van der Waals surface area contributed by atoms with E-state index in [0.29, 0.717) is 12.2 Å². The van der Waals surface area contributed by atoms with Crippen LogP contribution in [0.4, 0.5) is 11.4 Å². The zero-order valence-corrected chi connectivity index (χ0v) is 16.2. The van der Waals surface area contributed by atoms with E-state index in [-0.39, 0.29) is 10.6 Å². The molecule has 2 rings (SSSR count). The highest BCUT2D eigenvalue weighted by molar-refractivity contribution is 7.89. The number of benzene rings is 1. The highest BCUT2D eigenvalue weighted by Gasteiger charge is 2.25. The number of ether oxygens (including phenoxy) is 1. The minimum atomic E-state index is -3.83. The minimum Gasteiger partial charge on any atom is -0.374 e. The molecule has 26 heavy (non-hydrogen) atoms. The predicted molar refractivity (Wildman–Crippen MR) is 98.0 cm³/mol. The number of nitrogens with one attached hydrogen (secondary N) is 3. The fourth-order valence-corrected chi connectivity index (χ4v) is 4.16. The van der Waals surface area contributed by atoms with Gasteiger partial charge >= 0.3 is 0 Å². The van der Waals surface area contributed by atoms with Crippen molar-refractivity contribution in [3.05, 3.63) is 28.3 Å². The van der Waals surface area contributed by atoms with Gasteiger partial charge in [-0.15, -0.1) is 0 Å². The van der Waals surface area contributed by atoms with E-state index < -0.39 is 20.5 Å². The molecule has 0 aromatic heterocycles. The summed E-state index contributed by atoms with van der Waals surface area (Å²) in [6.45, 7) is 9.79. The lowest BCUT2D eigenvalue weighted by Crippen LogP contribution is -3.14. The molecule has 0 atom stereocenters. The molecule has 0 radical (unpaired) electrons. The number of nitrogens with zero attached hydrogens (tertiary/aromatic N) is 1. The molecule has 0 spiro atoms. The van der Waals surface area contributed by atoms with Crippen LogP contribution in [0.3, 0.4) is 0 Å². The molecule has 0 amide bonds. The molecular weight excluding hydrogens is 360 g/mol. The van der Waals surface area contributed by atoms with Gasteiger partial charge in [0.2, 0.25) is 10.0 Å². The van der Waals surface area contributed by atoms with Crippen LogP contribution in [0.2, 0.25) is 0 Å². The molecule has 1 aromatic carbocycles. The minimum absolute atomic E-state index is 0.122. The van der Waals surface area contributed by atoms with Crippen molar-refractivity contribution in [1.82, 2.24) is 4.72 Å². The Hall–Kier alpha value is -1.75. The fraction of sp³-hybridized carbons (Fsp3) is 0.625. The van der Waals surface area contributed by atoms with Gasteiger partial charge in [-0.1, -0.05) is 0 Å². The normalized spacial score (nSPS) is 16.4. The SMILES string of the molecule is CC(C)(C)NS(=O)(=O)c1ccc(NCC[NH+]2CCOCC2)c([N+](=O)[O-])c1. The van der Waals surface area contributed by atoms with Gasteiger partial charge in [0, 0.05) is 11.6 Å². The summed E-state index contributed by atoms with van der Waals surface area (Å²) in [5, 5.41) is 14.4. The number of rotatable bonds is 7. The van der Waals surface area contributed by atoms with Crippen LogP contribution in [-0.4, -0.2) is 58.3 Å². The summed E-state index contributed by atoms with van der Waals surface area (Å²) in [5.74, 6) is 0. The van der Waals surface area contributed by atoms with Crippen LogP contribution in [-0.2, 0) is 14.8 Å². The van der Waals surface area contributed by atoms with E-state index in [1.807, 2.05) is 0 Å². The van der Waals surface area contributed by atoms with Gasteiger partial charge in [0.1, 0.15) is 18.8 Å². The molecule has 1 fully saturated rings. The lowest BCUT2D eigenvalue weighted by atomic mass is 10.1. The third-order valence-electron chi connectivity index (χ3n) is 3.91. The van der Waals surface area contributed by atoms with Crippen molar-refractivity contribution in [3.63, 3.8) is 0 Å². The average molecular weight is 387 g/mol.